The zero-order chi connectivity index (χ0) is 23.8. The van der Waals surface area contributed by atoms with Gasteiger partial charge in [-0.2, -0.15) is 0 Å². The zero-order valence-corrected chi connectivity index (χ0v) is 19.9. The summed E-state index contributed by atoms with van der Waals surface area (Å²) in [6, 6.07) is 26.6. The number of piperidine rings is 1. The van der Waals surface area contributed by atoms with Crippen molar-refractivity contribution in [2.24, 2.45) is 5.92 Å². The van der Waals surface area contributed by atoms with E-state index < -0.39 is 10.0 Å². The number of anilines is 1. The minimum Gasteiger partial charge on any atom is -0.455 e. The molecule has 1 fully saturated rings. The van der Waals surface area contributed by atoms with Gasteiger partial charge in [-0.3, -0.25) is 4.79 Å². The number of amides is 1. The number of benzene rings is 3. The minimum atomic E-state index is -3.32. The average Bonchev–Trinajstić information content (AvgIpc) is 2.86. The van der Waals surface area contributed by atoms with Crippen LogP contribution >= 0.6 is 0 Å². The van der Waals surface area contributed by atoms with E-state index >= 15 is 0 Å². The lowest BCUT2D eigenvalue weighted by Crippen LogP contribution is -2.42. The SMILES string of the molecule is O=C(Nc1ccccc1Oc1ccccc1)C1CCN(S(=O)(=O)CCCc2ccccc2)CC1. The molecule has 0 bridgehead atoms. The van der Waals surface area contributed by atoms with Gasteiger partial charge in [0.05, 0.1) is 11.4 Å². The van der Waals surface area contributed by atoms with Gasteiger partial charge in [0.1, 0.15) is 5.75 Å². The molecule has 1 aliphatic rings. The molecule has 7 heteroatoms. The summed E-state index contributed by atoms with van der Waals surface area (Å²) in [6.45, 7) is 0.738. The number of hydrogen-bond acceptors (Lipinski definition) is 4. The van der Waals surface area contributed by atoms with Crippen molar-refractivity contribution in [2.75, 3.05) is 24.2 Å². The third-order valence-electron chi connectivity index (χ3n) is 6.04. The first-order chi connectivity index (χ1) is 16.5. The van der Waals surface area contributed by atoms with E-state index in [9.17, 15) is 13.2 Å². The summed E-state index contributed by atoms with van der Waals surface area (Å²) in [5.41, 5.74) is 1.75. The zero-order valence-electron chi connectivity index (χ0n) is 19.1. The molecule has 3 aromatic carbocycles. The first kappa shape index (κ1) is 24.0. The van der Waals surface area contributed by atoms with Crippen molar-refractivity contribution in [2.45, 2.75) is 25.7 Å². The molecule has 0 aromatic heterocycles. The molecule has 34 heavy (non-hydrogen) atoms. The molecule has 1 amide bonds. The summed E-state index contributed by atoms with van der Waals surface area (Å²) in [5, 5.41) is 2.97. The Morgan fingerprint density at radius 3 is 2.21 bits per heavy atom. The third kappa shape index (κ3) is 6.46. The summed E-state index contributed by atoms with van der Waals surface area (Å²) < 4.78 is 33.0. The molecule has 4 rings (SSSR count). The van der Waals surface area contributed by atoms with E-state index in [1.165, 1.54) is 4.31 Å². The molecule has 1 saturated heterocycles. The third-order valence-corrected chi connectivity index (χ3v) is 8.00. The second-order valence-corrected chi connectivity index (χ2v) is 10.6. The molecule has 1 heterocycles. The average molecular weight is 479 g/mol. The van der Waals surface area contributed by atoms with Gasteiger partial charge in [0.25, 0.3) is 0 Å². The molecule has 0 atom stereocenters. The highest BCUT2D eigenvalue weighted by molar-refractivity contribution is 7.89. The van der Waals surface area contributed by atoms with Crippen molar-refractivity contribution >= 4 is 21.6 Å². The smallest absolute Gasteiger partial charge is 0.227 e. The summed E-state index contributed by atoms with van der Waals surface area (Å²) >= 11 is 0. The summed E-state index contributed by atoms with van der Waals surface area (Å²) in [4.78, 5) is 12.9. The normalized spacial score (nSPS) is 15.1. The first-order valence-electron chi connectivity index (χ1n) is 11.7. The van der Waals surface area contributed by atoms with Crippen LogP contribution in [0.5, 0.6) is 11.5 Å². The summed E-state index contributed by atoms with van der Waals surface area (Å²) in [7, 11) is -3.32. The van der Waals surface area contributed by atoms with Gasteiger partial charge in [-0.25, -0.2) is 12.7 Å². The molecule has 0 aliphatic carbocycles. The molecule has 0 saturated carbocycles. The standard InChI is InChI=1S/C27H30N2O4S/c30-27(28-25-15-7-8-16-26(25)33-24-13-5-2-6-14-24)23-17-19-29(20-18-23)34(31,32)21-9-12-22-10-3-1-4-11-22/h1-8,10-11,13-16,23H,9,12,17-21H2,(H,28,30). The Kier molecular flexibility index (Phi) is 7.98. The van der Waals surface area contributed by atoms with E-state index in [1.54, 1.807) is 0 Å². The van der Waals surface area contributed by atoms with Gasteiger partial charge in [0, 0.05) is 19.0 Å². The summed E-state index contributed by atoms with van der Waals surface area (Å²) in [6.07, 6.45) is 2.34. The maximum atomic E-state index is 12.9. The number of ether oxygens (including phenoxy) is 1. The van der Waals surface area contributed by atoms with Crippen LogP contribution in [0.25, 0.3) is 0 Å². The number of nitrogens with zero attached hydrogens (tertiary/aromatic N) is 1. The van der Waals surface area contributed by atoms with Gasteiger partial charge in [-0.05, 0) is 55.5 Å². The number of para-hydroxylation sites is 3. The number of aryl methyl sites for hydroxylation is 1. The fourth-order valence-electron chi connectivity index (χ4n) is 4.14. The molecular weight excluding hydrogens is 448 g/mol. The van der Waals surface area contributed by atoms with E-state index in [-0.39, 0.29) is 17.6 Å². The predicted octanol–water partition coefficient (Wildman–Crippen LogP) is 5.09. The Balaban J connectivity index is 1.28. The lowest BCUT2D eigenvalue weighted by molar-refractivity contribution is -0.120. The van der Waals surface area contributed by atoms with Crippen LogP contribution in [0.15, 0.2) is 84.9 Å². The second kappa shape index (κ2) is 11.3. The predicted molar refractivity (Wildman–Crippen MR) is 134 cm³/mol. The van der Waals surface area contributed by atoms with E-state index in [2.05, 4.69) is 5.32 Å². The lowest BCUT2D eigenvalue weighted by atomic mass is 9.97. The van der Waals surface area contributed by atoms with Crippen LogP contribution in [0.4, 0.5) is 5.69 Å². The fraction of sp³-hybridized carbons (Fsp3) is 0.296. The second-order valence-electron chi connectivity index (χ2n) is 8.48. The van der Waals surface area contributed by atoms with Gasteiger partial charge in [0.15, 0.2) is 5.75 Å². The first-order valence-corrected chi connectivity index (χ1v) is 13.3. The number of rotatable bonds is 9. The van der Waals surface area contributed by atoms with E-state index in [0.29, 0.717) is 49.5 Å². The quantitative estimate of drug-likeness (QED) is 0.465. The van der Waals surface area contributed by atoms with Crippen LogP contribution in [-0.4, -0.2) is 37.5 Å². The lowest BCUT2D eigenvalue weighted by Gasteiger charge is -2.30. The molecule has 0 unspecified atom stereocenters. The maximum absolute atomic E-state index is 12.9. The van der Waals surface area contributed by atoms with Crippen molar-refractivity contribution < 1.29 is 17.9 Å². The van der Waals surface area contributed by atoms with Crippen molar-refractivity contribution in [3.05, 3.63) is 90.5 Å². The molecule has 0 radical (unpaired) electrons. The molecule has 0 spiro atoms. The Hall–Kier alpha value is -3.16. The van der Waals surface area contributed by atoms with E-state index in [0.717, 1.165) is 12.0 Å². The van der Waals surface area contributed by atoms with Crippen molar-refractivity contribution in [1.82, 2.24) is 4.31 Å². The van der Waals surface area contributed by atoms with Gasteiger partial charge in [-0.15, -0.1) is 0 Å². The van der Waals surface area contributed by atoms with Crippen LogP contribution < -0.4 is 10.1 Å². The van der Waals surface area contributed by atoms with E-state index in [1.807, 2.05) is 84.9 Å². The largest absolute Gasteiger partial charge is 0.455 e. The number of carbonyl (C=O) groups excluding carboxylic acids is 1. The van der Waals surface area contributed by atoms with Crippen molar-refractivity contribution in [3.8, 4) is 11.5 Å². The molecule has 3 aromatic rings. The topological polar surface area (TPSA) is 75.7 Å². The van der Waals surface area contributed by atoms with Crippen LogP contribution in [0.2, 0.25) is 0 Å². The Bertz CT molecular complexity index is 1180. The Morgan fingerprint density at radius 2 is 1.50 bits per heavy atom. The number of hydrogen-bond donors (Lipinski definition) is 1. The Labute approximate surface area is 201 Å². The Morgan fingerprint density at radius 1 is 0.882 bits per heavy atom. The van der Waals surface area contributed by atoms with Crippen molar-refractivity contribution in [3.63, 3.8) is 0 Å². The van der Waals surface area contributed by atoms with Gasteiger partial charge >= 0.3 is 0 Å². The van der Waals surface area contributed by atoms with Gasteiger partial charge in [-0.1, -0.05) is 60.7 Å². The van der Waals surface area contributed by atoms with Crippen LogP contribution in [0.3, 0.4) is 0 Å². The molecule has 6 nitrogen and oxygen atoms in total. The van der Waals surface area contributed by atoms with Gasteiger partial charge < -0.3 is 10.1 Å². The number of nitrogens with one attached hydrogen (secondary N) is 1. The molecule has 1 aliphatic heterocycles. The van der Waals surface area contributed by atoms with Crippen LogP contribution in [-0.2, 0) is 21.2 Å². The van der Waals surface area contributed by atoms with E-state index in [4.69, 9.17) is 4.74 Å². The molecular formula is C27H30N2O4S. The monoisotopic (exact) mass is 478 g/mol. The van der Waals surface area contributed by atoms with Crippen LogP contribution in [0, 0.1) is 5.92 Å². The van der Waals surface area contributed by atoms with Crippen molar-refractivity contribution in [1.29, 1.82) is 0 Å². The molecule has 178 valence electrons. The minimum absolute atomic E-state index is 0.106. The fourth-order valence-corrected chi connectivity index (χ4v) is 5.67. The maximum Gasteiger partial charge on any atom is 0.227 e. The van der Waals surface area contributed by atoms with Crippen LogP contribution in [0.1, 0.15) is 24.8 Å². The number of sulfonamides is 1. The highest BCUT2D eigenvalue weighted by atomic mass is 32.2. The highest BCUT2D eigenvalue weighted by Crippen LogP contribution is 2.30. The molecule has 1 N–H and O–H groups in total. The number of carbonyl (C=O) groups is 1. The van der Waals surface area contributed by atoms with Gasteiger partial charge in [0.2, 0.25) is 15.9 Å². The summed E-state index contributed by atoms with van der Waals surface area (Å²) in [5.74, 6) is 1.05. The highest BCUT2D eigenvalue weighted by Gasteiger charge is 2.31.